The van der Waals surface area contributed by atoms with Crippen molar-refractivity contribution in [1.29, 1.82) is 0 Å². The minimum atomic E-state index is -0.393. The number of imidazole rings is 1. The van der Waals surface area contributed by atoms with E-state index < -0.39 is 5.69 Å². The highest BCUT2D eigenvalue weighted by Gasteiger charge is 2.26. The largest absolute Gasteiger partial charge is 0.373 e. The maximum atomic E-state index is 13.0. The van der Waals surface area contributed by atoms with Gasteiger partial charge < -0.3 is 9.30 Å². The highest BCUT2D eigenvalue weighted by atomic mass is 35.5. The van der Waals surface area contributed by atoms with Gasteiger partial charge in [-0.25, -0.2) is 9.78 Å². The lowest BCUT2D eigenvalue weighted by Gasteiger charge is -2.35. The normalized spacial score (nSPS) is 20.2. The van der Waals surface area contributed by atoms with Gasteiger partial charge >= 0.3 is 5.69 Å². The van der Waals surface area contributed by atoms with E-state index in [1.165, 1.54) is 11.6 Å². The summed E-state index contributed by atoms with van der Waals surface area (Å²) in [4.78, 5) is 32.5. The van der Waals surface area contributed by atoms with E-state index in [1.807, 2.05) is 28.8 Å². The number of benzene rings is 1. The third-order valence-corrected chi connectivity index (χ3v) is 5.94. The number of hydrogen-bond donors (Lipinski definition) is 0. The second-order valence-corrected chi connectivity index (χ2v) is 8.44. The number of aryl methyl sites for hydroxylation is 1. The highest BCUT2D eigenvalue weighted by molar-refractivity contribution is 6.31. The Labute approximate surface area is 179 Å². The molecule has 1 aliphatic rings. The van der Waals surface area contributed by atoms with Crippen molar-refractivity contribution in [3.63, 3.8) is 0 Å². The second kappa shape index (κ2) is 8.02. The molecule has 1 saturated heterocycles. The molecule has 8 nitrogen and oxygen atoms in total. The van der Waals surface area contributed by atoms with Crippen LogP contribution in [0.1, 0.15) is 25.2 Å². The predicted molar refractivity (Wildman–Crippen MR) is 116 cm³/mol. The fourth-order valence-corrected chi connectivity index (χ4v) is 4.39. The first-order chi connectivity index (χ1) is 14.3. The summed E-state index contributed by atoms with van der Waals surface area (Å²) in [6, 6.07) is 7.55. The van der Waals surface area contributed by atoms with Gasteiger partial charge in [-0.05, 0) is 25.5 Å². The van der Waals surface area contributed by atoms with E-state index in [4.69, 9.17) is 21.3 Å². The van der Waals surface area contributed by atoms with Crippen LogP contribution in [0.2, 0.25) is 5.02 Å². The summed E-state index contributed by atoms with van der Waals surface area (Å²) in [6.07, 6.45) is 0.236. The Balaban J connectivity index is 1.87. The Morgan fingerprint density at radius 3 is 2.40 bits per heavy atom. The molecule has 160 valence electrons. The van der Waals surface area contributed by atoms with E-state index in [2.05, 4.69) is 18.7 Å². The molecule has 3 heterocycles. The van der Waals surface area contributed by atoms with Gasteiger partial charge in [0, 0.05) is 32.2 Å². The number of aromatic nitrogens is 4. The molecule has 0 radical (unpaired) electrons. The fourth-order valence-electron chi connectivity index (χ4n) is 4.19. The number of hydrogen-bond acceptors (Lipinski definition) is 5. The van der Waals surface area contributed by atoms with Crippen LogP contribution < -0.4 is 11.2 Å². The quantitative estimate of drug-likeness (QED) is 0.629. The molecule has 0 saturated carbocycles. The van der Waals surface area contributed by atoms with E-state index >= 15 is 0 Å². The topological polar surface area (TPSA) is 74.3 Å². The molecule has 0 amide bonds. The summed E-state index contributed by atoms with van der Waals surface area (Å²) < 4.78 is 10.3. The molecule has 0 spiro atoms. The monoisotopic (exact) mass is 431 g/mol. The lowest BCUT2D eigenvalue weighted by Crippen LogP contribution is -2.45. The zero-order valence-electron chi connectivity index (χ0n) is 17.6. The smallest absolute Gasteiger partial charge is 0.332 e. The second-order valence-electron chi connectivity index (χ2n) is 8.03. The summed E-state index contributed by atoms with van der Waals surface area (Å²) in [5.41, 5.74) is 0.931. The van der Waals surface area contributed by atoms with Gasteiger partial charge in [-0.3, -0.25) is 18.8 Å². The van der Waals surface area contributed by atoms with Crippen molar-refractivity contribution in [2.45, 2.75) is 39.1 Å². The molecular weight excluding hydrogens is 406 g/mol. The van der Waals surface area contributed by atoms with Crippen molar-refractivity contribution in [2.24, 2.45) is 14.1 Å². The zero-order valence-corrected chi connectivity index (χ0v) is 18.4. The molecule has 1 aliphatic heterocycles. The van der Waals surface area contributed by atoms with Gasteiger partial charge in [-0.15, -0.1) is 0 Å². The summed E-state index contributed by atoms with van der Waals surface area (Å²) in [5, 5.41) is 0.626. The molecule has 0 bridgehead atoms. The van der Waals surface area contributed by atoms with Crippen LogP contribution in [-0.2, 0) is 31.9 Å². The lowest BCUT2D eigenvalue weighted by atomic mass is 10.2. The van der Waals surface area contributed by atoms with Crippen LogP contribution in [0.3, 0.4) is 0 Å². The van der Waals surface area contributed by atoms with Crippen LogP contribution in [-0.4, -0.2) is 48.9 Å². The SMILES string of the molecule is CC1CN(Cc2nc3c(c(=O)n(C)c(=O)n3C)n2Cc2ccccc2Cl)CC(C)O1. The van der Waals surface area contributed by atoms with Crippen LogP contribution in [0, 0.1) is 0 Å². The van der Waals surface area contributed by atoms with Gasteiger partial charge in [0.05, 0.1) is 25.3 Å². The average molecular weight is 432 g/mol. The molecule has 9 heteroatoms. The van der Waals surface area contributed by atoms with Crippen LogP contribution in [0.25, 0.3) is 11.2 Å². The Kier molecular flexibility index (Phi) is 5.57. The molecule has 0 N–H and O–H groups in total. The minimum absolute atomic E-state index is 0.118. The summed E-state index contributed by atoms with van der Waals surface area (Å²) in [5.74, 6) is 0.726. The van der Waals surface area contributed by atoms with E-state index in [9.17, 15) is 9.59 Å². The van der Waals surface area contributed by atoms with Crippen LogP contribution >= 0.6 is 11.6 Å². The van der Waals surface area contributed by atoms with Crippen molar-refractivity contribution in [3.8, 4) is 0 Å². The molecule has 1 aromatic carbocycles. The van der Waals surface area contributed by atoms with Gasteiger partial charge in [0.2, 0.25) is 0 Å². The Morgan fingerprint density at radius 1 is 1.07 bits per heavy atom. The molecule has 0 aliphatic carbocycles. The number of morpholine rings is 1. The van der Waals surface area contributed by atoms with E-state index in [1.54, 1.807) is 7.05 Å². The van der Waals surface area contributed by atoms with E-state index in [-0.39, 0.29) is 17.8 Å². The molecule has 3 aromatic rings. The standard InChI is InChI=1S/C21H26ClN5O3/c1-13-9-26(10-14(2)30-13)12-17-23-19-18(20(28)25(4)21(29)24(19)3)27(17)11-15-7-5-6-8-16(15)22/h5-8,13-14H,9-12H2,1-4H3. The third-order valence-electron chi connectivity index (χ3n) is 5.57. The first-order valence-electron chi connectivity index (χ1n) is 10.0. The highest BCUT2D eigenvalue weighted by Crippen LogP contribution is 2.21. The number of ether oxygens (including phenoxy) is 1. The summed E-state index contributed by atoms with van der Waals surface area (Å²) in [7, 11) is 3.13. The number of halogens is 1. The molecule has 2 atom stereocenters. The molecule has 30 heavy (non-hydrogen) atoms. The fraction of sp³-hybridized carbons (Fsp3) is 0.476. The maximum absolute atomic E-state index is 13.0. The number of rotatable bonds is 4. The predicted octanol–water partition coefficient (Wildman–Crippen LogP) is 1.74. The average Bonchev–Trinajstić information content (AvgIpc) is 3.04. The first kappa shape index (κ1) is 20.8. The summed E-state index contributed by atoms with van der Waals surface area (Å²) >= 11 is 6.40. The van der Waals surface area contributed by atoms with Crippen molar-refractivity contribution < 1.29 is 4.74 Å². The molecule has 2 unspecified atom stereocenters. The van der Waals surface area contributed by atoms with E-state index in [0.29, 0.717) is 29.3 Å². The Bertz CT molecular complexity index is 1200. The number of nitrogens with zero attached hydrogens (tertiary/aromatic N) is 5. The Morgan fingerprint density at radius 2 is 1.73 bits per heavy atom. The lowest BCUT2D eigenvalue weighted by molar-refractivity contribution is -0.0712. The van der Waals surface area contributed by atoms with Crippen LogP contribution in [0.15, 0.2) is 33.9 Å². The zero-order chi connectivity index (χ0) is 21.6. The van der Waals surface area contributed by atoms with Gasteiger partial charge in [0.15, 0.2) is 11.2 Å². The molecule has 4 rings (SSSR count). The first-order valence-corrected chi connectivity index (χ1v) is 10.4. The van der Waals surface area contributed by atoms with Gasteiger partial charge in [-0.1, -0.05) is 29.8 Å². The Hall–Kier alpha value is -2.42. The van der Waals surface area contributed by atoms with Gasteiger partial charge in [-0.2, -0.15) is 0 Å². The molecule has 1 fully saturated rings. The number of fused-ring (bicyclic) bond motifs is 1. The summed E-state index contributed by atoms with van der Waals surface area (Å²) in [6.45, 7) is 6.60. The van der Waals surface area contributed by atoms with Gasteiger partial charge in [0.1, 0.15) is 5.82 Å². The van der Waals surface area contributed by atoms with Crippen molar-refractivity contribution in [3.05, 3.63) is 61.5 Å². The molecular formula is C21H26ClN5O3. The minimum Gasteiger partial charge on any atom is -0.373 e. The van der Waals surface area contributed by atoms with Crippen LogP contribution in [0.5, 0.6) is 0 Å². The van der Waals surface area contributed by atoms with Crippen molar-refractivity contribution >= 4 is 22.8 Å². The maximum Gasteiger partial charge on any atom is 0.332 e. The van der Waals surface area contributed by atoms with Crippen molar-refractivity contribution in [1.82, 2.24) is 23.6 Å². The van der Waals surface area contributed by atoms with E-state index in [0.717, 1.165) is 29.0 Å². The van der Waals surface area contributed by atoms with Gasteiger partial charge in [0.25, 0.3) is 5.56 Å². The van der Waals surface area contributed by atoms with Crippen molar-refractivity contribution in [2.75, 3.05) is 13.1 Å². The van der Waals surface area contributed by atoms with Crippen LogP contribution in [0.4, 0.5) is 0 Å². The third kappa shape index (κ3) is 3.71. The molecule has 2 aromatic heterocycles.